The molecular formula is C23H25N3O2. The molecule has 3 aliphatic rings. The van der Waals surface area contributed by atoms with Gasteiger partial charge in [0.1, 0.15) is 0 Å². The Morgan fingerprint density at radius 2 is 1.32 bits per heavy atom. The van der Waals surface area contributed by atoms with E-state index in [1.165, 1.54) is 4.90 Å². The second kappa shape index (κ2) is 6.45. The third-order valence-electron chi connectivity index (χ3n) is 6.90. The summed E-state index contributed by atoms with van der Waals surface area (Å²) < 4.78 is 0. The third kappa shape index (κ3) is 2.42. The number of piperidine rings is 1. The molecule has 3 atom stereocenters. The average Bonchev–Trinajstić information content (AvgIpc) is 3.09. The molecule has 144 valence electrons. The Morgan fingerprint density at radius 3 is 1.82 bits per heavy atom. The molecule has 5 heteroatoms. The number of carbonyl (C=O) groups is 2. The van der Waals surface area contributed by atoms with Crippen molar-refractivity contribution in [3.63, 3.8) is 0 Å². The van der Waals surface area contributed by atoms with Gasteiger partial charge in [-0.05, 0) is 43.9 Å². The van der Waals surface area contributed by atoms with Gasteiger partial charge in [0, 0.05) is 18.1 Å². The van der Waals surface area contributed by atoms with Crippen LogP contribution in [0.4, 0.5) is 4.79 Å². The zero-order valence-corrected chi connectivity index (χ0v) is 16.0. The van der Waals surface area contributed by atoms with E-state index in [0.29, 0.717) is 12.1 Å². The van der Waals surface area contributed by atoms with Gasteiger partial charge >= 0.3 is 6.03 Å². The maximum absolute atomic E-state index is 13.9. The molecule has 3 saturated heterocycles. The summed E-state index contributed by atoms with van der Waals surface area (Å²) >= 11 is 0. The van der Waals surface area contributed by atoms with E-state index < -0.39 is 5.54 Å². The minimum Gasteiger partial charge on any atom is -0.315 e. The Morgan fingerprint density at radius 1 is 0.821 bits per heavy atom. The normalized spacial score (nSPS) is 29.2. The maximum atomic E-state index is 13.9. The Balaban J connectivity index is 1.57. The molecule has 3 heterocycles. The van der Waals surface area contributed by atoms with Crippen LogP contribution < -0.4 is 5.32 Å². The quantitative estimate of drug-likeness (QED) is 0.839. The lowest BCUT2D eigenvalue weighted by molar-refractivity contribution is -0.132. The fraction of sp³-hybridized carbons (Fsp3) is 0.391. The van der Waals surface area contributed by atoms with E-state index in [9.17, 15) is 9.59 Å². The monoisotopic (exact) mass is 375 g/mol. The number of benzene rings is 2. The largest absolute Gasteiger partial charge is 0.325 e. The number of fused-ring (bicyclic) bond motifs is 2. The first-order chi connectivity index (χ1) is 13.6. The van der Waals surface area contributed by atoms with Crippen molar-refractivity contribution in [3.05, 3.63) is 71.8 Å². The first-order valence-electron chi connectivity index (χ1n) is 10.1. The van der Waals surface area contributed by atoms with Gasteiger partial charge in [-0.1, -0.05) is 60.7 Å². The third-order valence-corrected chi connectivity index (χ3v) is 6.90. The lowest BCUT2D eigenvalue weighted by Gasteiger charge is -2.39. The lowest BCUT2D eigenvalue weighted by Crippen LogP contribution is -2.52. The van der Waals surface area contributed by atoms with Gasteiger partial charge in [-0.3, -0.25) is 9.69 Å². The van der Waals surface area contributed by atoms with Gasteiger partial charge in [0.25, 0.3) is 5.91 Å². The van der Waals surface area contributed by atoms with Crippen molar-refractivity contribution >= 4 is 11.9 Å². The highest BCUT2D eigenvalue weighted by atomic mass is 16.2. The summed E-state index contributed by atoms with van der Waals surface area (Å²) in [6.07, 6.45) is 4.05. The second-order valence-corrected chi connectivity index (χ2v) is 8.26. The number of nitrogens with zero attached hydrogens (tertiary/aromatic N) is 2. The predicted molar refractivity (Wildman–Crippen MR) is 107 cm³/mol. The summed E-state index contributed by atoms with van der Waals surface area (Å²) in [5.41, 5.74) is 0.457. The minimum absolute atomic E-state index is 0.0319. The molecule has 0 spiro atoms. The van der Waals surface area contributed by atoms with Crippen LogP contribution in [0.5, 0.6) is 0 Å². The fourth-order valence-electron chi connectivity index (χ4n) is 5.41. The van der Waals surface area contributed by atoms with Crippen LogP contribution in [0.2, 0.25) is 0 Å². The van der Waals surface area contributed by atoms with Gasteiger partial charge in [-0.15, -0.1) is 0 Å². The van der Waals surface area contributed by atoms with Crippen molar-refractivity contribution in [3.8, 4) is 0 Å². The number of carbonyl (C=O) groups excluding carboxylic acids is 2. The molecule has 2 aromatic rings. The minimum atomic E-state index is -1.15. The van der Waals surface area contributed by atoms with Gasteiger partial charge in [0.15, 0.2) is 5.54 Å². The smallest absolute Gasteiger partial charge is 0.315 e. The summed E-state index contributed by atoms with van der Waals surface area (Å²) in [6, 6.07) is 19.8. The molecule has 0 aromatic heterocycles. The molecule has 2 bridgehead atoms. The first-order valence-corrected chi connectivity index (χ1v) is 10.1. The molecule has 28 heavy (non-hydrogen) atoms. The molecule has 0 aliphatic carbocycles. The van der Waals surface area contributed by atoms with Crippen LogP contribution in [0.15, 0.2) is 60.7 Å². The molecule has 2 aromatic carbocycles. The number of nitrogens with one attached hydrogen (secondary N) is 1. The van der Waals surface area contributed by atoms with Crippen molar-refractivity contribution in [1.82, 2.24) is 15.1 Å². The van der Waals surface area contributed by atoms with E-state index in [-0.39, 0.29) is 18.0 Å². The highest BCUT2D eigenvalue weighted by Crippen LogP contribution is 2.41. The van der Waals surface area contributed by atoms with Crippen LogP contribution in [0, 0.1) is 0 Å². The van der Waals surface area contributed by atoms with Crippen molar-refractivity contribution in [2.75, 3.05) is 7.05 Å². The van der Waals surface area contributed by atoms with Gasteiger partial charge in [-0.2, -0.15) is 0 Å². The molecule has 5 rings (SSSR count). The van der Waals surface area contributed by atoms with E-state index in [4.69, 9.17) is 0 Å². The summed E-state index contributed by atoms with van der Waals surface area (Å²) in [4.78, 5) is 31.0. The Kier molecular flexibility index (Phi) is 4.02. The van der Waals surface area contributed by atoms with Crippen molar-refractivity contribution in [2.45, 2.75) is 49.3 Å². The lowest BCUT2D eigenvalue weighted by atomic mass is 9.82. The standard InChI is InChI=1S/C23H25N3O2/c1-25-18-12-13-19(25)15-20(14-18)26-21(27)23(24-22(26)28,16-8-4-2-5-9-16)17-10-6-3-7-11-17/h2-11,18-20H,12-15H2,1H3,(H,24,28)/t18-,19+,20?. The van der Waals surface area contributed by atoms with Crippen molar-refractivity contribution in [2.24, 2.45) is 0 Å². The van der Waals surface area contributed by atoms with Gasteiger partial charge in [-0.25, -0.2) is 4.79 Å². The Labute approximate surface area is 165 Å². The number of hydrogen-bond acceptors (Lipinski definition) is 3. The Bertz CT molecular complexity index is 845. The number of hydrogen-bond donors (Lipinski definition) is 1. The highest BCUT2D eigenvalue weighted by Gasteiger charge is 2.56. The zero-order valence-electron chi connectivity index (χ0n) is 16.0. The molecule has 0 radical (unpaired) electrons. The van der Waals surface area contributed by atoms with E-state index in [0.717, 1.165) is 36.8 Å². The van der Waals surface area contributed by atoms with Crippen LogP contribution in [-0.4, -0.2) is 46.9 Å². The average molecular weight is 375 g/mol. The second-order valence-electron chi connectivity index (χ2n) is 8.26. The van der Waals surface area contributed by atoms with Crippen LogP contribution in [-0.2, 0) is 10.3 Å². The SMILES string of the molecule is CN1[C@@H]2CC[C@H]1CC(N1C(=O)NC(c3ccccc3)(c3ccccc3)C1=O)C2. The van der Waals surface area contributed by atoms with E-state index in [1.807, 2.05) is 60.7 Å². The van der Waals surface area contributed by atoms with Crippen LogP contribution in [0.3, 0.4) is 0 Å². The summed E-state index contributed by atoms with van der Waals surface area (Å²) in [7, 11) is 2.17. The van der Waals surface area contributed by atoms with E-state index >= 15 is 0 Å². The number of imide groups is 1. The van der Waals surface area contributed by atoms with Crippen molar-refractivity contribution < 1.29 is 9.59 Å². The molecule has 3 amide bonds. The van der Waals surface area contributed by atoms with Gasteiger partial charge in [0.05, 0.1) is 0 Å². The summed E-state index contributed by atoms with van der Waals surface area (Å²) in [5, 5.41) is 3.08. The van der Waals surface area contributed by atoms with Crippen LogP contribution >= 0.6 is 0 Å². The van der Waals surface area contributed by atoms with E-state index in [1.54, 1.807) is 0 Å². The highest BCUT2D eigenvalue weighted by molar-refractivity contribution is 6.09. The van der Waals surface area contributed by atoms with Crippen molar-refractivity contribution in [1.29, 1.82) is 0 Å². The fourth-order valence-corrected chi connectivity index (χ4v) is 5.41. The summed E-state index contributed by atoms with van der Waals surface area (Å²) in [6.45, 7) is 0. The number of urea groups is 1. The maximum Gasteiger partial charge on any atom is 0.325 e. The molecule has 3 fully saturated rings. The van der Waals surface area contributed by atoms with Crippen LogP contribution in [0.1, 0.15) is 36.8 Å². The van der Waals surface area contributed by atoms with Crippen LogP contribution in [0.25, 0.3) is 0 Å². The topological polar surface area (TPSA) is 52.6 Å². The molecular weight excluding hydrogens is 350 g/mol. The summed E-state index contributed by atoms with van der Waals surface area (Å²) in [5.74, 6) is -0.149. The van der Waals surface area contributed by atoms with Gasteiger partial charge < -0.3 is 10.2 Å². The molecule has 1 N–H and O–H groups in total. The molecule has 3 aliphatic heterocycles. The molecule has 0 saturated carbocycles. The van der Waals surface area contributed by atoms with E-state index in [2.05, 4.69) is 17.3 Å². The molecule has 5 nitrogen and oxygen atoms in total. The number of amides is 3. The van der Waals surface area contributed by atoms with Gasteiger partial charge in [0.2, 0.25) is 0 Å². The zero-order chi connectivity index (χ0) is 19.3. The Hall–Kier alpha value is -2.66. The predicted octanol–water partition coefficient (Wildman–Crippen LogP) is 3.11. The number of rotatable bonds is 3. The molecule has 1 unspecified atom stereocenters. The first kappa shape index (κ1) is 17.4.